The second-order valence-corrected chi connectivity index (χ2v) is 5.42. The Morgan fingerprint density at radius 2 is 2.26 bits per heavy atom. The van der Waals surface area contributed by atoms with Gasteiger partial charge in [-0.05, 0) is 41.2 Å². The summed E-state index contributed by atoms with van der Waals surface area (Å²) in [7, 11) is 0. The van der Waals surface area contributed by atoms with E-state index in [1.807, 2.05) is 13.8 Å². The number of hydrogen-bond donors (Lipinski definition) is 1. The number of benzene rings is 1. The van der Waals surface area contributed by atoms with Crippen molar-refractivity contribution in [3.63, 3.8) is 0 Å². The fourth-order valence-corrected chi connectivity index (χ4v) is 2.72. The molecule has 0 aromatic heterocycles. The zero-order chi connectivity index (χ0) is 14.0. The van der Waals surface area contributed by atoms with Gasteiger partial charge in [0, 0.05) is 12.5 Å². The number of amides is 1. The highest BCUT2D eigenvalue weighted by Crippen LogP contribution is 2.33. The number of primary amides is 1. The van der Waals surface area contributed by atoms with Crippen molar-refractivity contribution < 1.29 is 13.9 Å². The van der Waals surface area contributed by atoms with Gasteiger partial charge in [0.15, 0.2) is 0 Å². The van der Waals surface area contributed by atoms with Crippen LogP contribution in [0.25, 0.3) is 0 Å². The molecular weight excluding hydrogens is 245 g/mol. The van der Waals surface area contributed by atoms with Crippen LogP contribution in [-0.2, 0) is 16.0 Å². The normalized spacial score (nSPS) is 19.1. The zero-order valence-corrected chi connectivity index (χ0v) is 11.4. The molecule has 1 aliphatic rings. The van der Waals surface area contributed by atoms with Gasteiger partial charge in [0.1, 0.15) is 5.82 Å². The highest BCUT2D eigenvalue weighted by atomic mass is 19.1. The summed E-state index contributed by atoms with van der Waals surface area (Å²) in [6.07, 6.45) is 1.03. The molecule has 1 aromatic rings. The molecule has 0 saturated carbocycles. The van der Waals surface area contributed by atoms with Crippen LogP contribution in [0.4, 0.5) is 4.39 Å². The Bertz CT molecular complexity index is 479. The monoisotopic (exact) mass is 265 g/mol. The zero-order valence-electron chi connectivity index (χ0n) is 11.4. The smallest absolute Gasteiger partial charge is 0.221 e. The molecule has 1 aromatic carbocycles. The van der Waals surface area contributed by atoms with E-state index in [0.717, 1.165) is 23.1 Å². The summed E-state index contributed by atoms with van der Waals surface area (Å²) < 4.78 is 19.2. The lowest BCUT2D eigenvalue weighted by molar-refractivity contribution is -0.117. The molecule has 1 saturated heterocycles. The van der Waals surface area contributed by atoms with Gasteiger partial charge in [0.2, 0.25) is 5.91 Å². The molecule has 1 heterocycles. The van der Waals surface area contributed by atoms with Gasteiger partial charge in [-0.3, -0.25) is 4.79 Å². The van der Waals surface area contributed by atoms with Crippen LogP contribution in [0.1, 0.15) is 48.8 Å². The van der Waals surface area contributed by atoms with Gasteiger partial charge >= 0.3 is 0 Å². The van der Waals surface area contributed by atoms with Crippen LogP contribution >= 0.6 is 0 Å². The van der Waals surface area contributed by atoms with Crippen molar-refractivity contribution in [1.29, 1.82) is 0 Å². The summed E-state index contributed by atoms with van der Waals surface area (Å²) in [5.74, 6) is -0.304. The number of ether oxygens (including phenoxy) is 1. The van der Waals surface area contributed by atoms with Gasteiger partial charge in [-0.2, -0.15) is 0 Å². The third kappa shape index (κ3) is 3.13. The Hall–Kier alpha value is -1.42. The lowest BCUT2D eigenvalue weighted by Gasteiger charge is -2.20. The van der Waals surface area contributed by atoms with E-state index >= 15 is 0 Å². The molecule has 19 heavy (non-hydrogen) atoms. The summed E-state index contributed by atoms with van der Waals surface area (Å²) in [5, 5.41) is 0. The largest absolute Gasteiger partial charge is 0.381 e. The van der Waals surface area contributed by atoms with Crippen molar-refractivity contribution in [3.8, 4) is 0 Å². The summed E-state index contributed by atoms with van der Waals surface area (Å²) in [4.78, 5) is 11.3. The minimum absolute atomic E-state index is 0.158. The van der Waals surface area contributed by atoms with E-state index in [-0.39, 0.29) is 30.0 Å². The van der Waals surface area contributed by atoms with Crippen molar-refractivity contribution in [3.05, 3.63) is 34.6 Å². The molecule has 0 aliphatic carbocycles. The Morgan fingerprint density at radius 1 is 1.53 bits per heavy atom. The lowest BCUT2D eigenvalue weighted by atomic mass is 9.85. The van der Waals surface area contributed by atoms with Gasteiger partial charge in [0.05, 0.1) is 13.0 Å². The van der Waals surface area contributed by atoms with Crippen LogP contribution in [0.2, 0.25) is 0 Å². The highest BCUT2D eigenvalue weighted by Gasteiger charge is 2.24. The van der Waals surface area contributed by atoms with Gasteiger partial charge in [-0.1, -0.05) is 13.8 Å². The van der Waals surface area contributed by atoms with E-state index < -0.39 is 0 Å². The van der Waals surface area contributed by atoms with Gasteiger partial charge in [0.25, 0.3) is 0 Å². The van der Waals surface area contributed by atoms with E-state index in [1.165, 1.54) is 12.1 Å². The number of nitrogens with two attached hydrogens (primary N) is 1. The summed E-state index contributed by atoms with van der Waals surface area (Å²) in [6.45, 7) is 5.27. The van der Waals surface area contributed by atoms with Gasteiger partial charge in [-0.25, -0.2) is 4.39 Å². The minimum atomic E-state index is -0.381. The second-order valence-electron chi connectivity index (χ2n) is 5.42. The second kappa shape index (κ2) is 5.70. The summed E-state index contributed by atoms with van der Waals surface area (Å²) in [5.41, 5.74) is 7.99. The Balaban J connectivity index is 2.51. The fraction of sp³-hybridized carbons (Fsp3) is 0.533. The van der Waals surface area contributed by atoms with E-state index in [4.69, 9.17) is 10.5 Å². The van der Waals surface area contributed by atoms with Crippen LogP contribution in [0.3, 0.4) is 0 Å². The average molecular weight is 265 g/mol. The summed E-state index contributed by atoms with van der Waals surface area (Å²) >= 11 is 0. The molecule has 4 heteroatoms. The van der Waals surface area contributed by atoms with Crippen LogP contribution in [0.5, 0.6) is 0 Å². The maximum absolute atomic E-state index is 13.8. The van der Waals surface area contributed by atoms with E-state index in [1.54, 1.807) is 0 Å². The Morgan fingerprint density at radius 3 is 2.79 bits per heavy atom. The van der Waals surface area contributed by atoms with Crippen molar-refractivity contribution in [2.45, 2.75) is 38.5 Å². The van der Waals surface area contributed by atoms with Crippen molar-refractivity contribution >= 4 is 5.91 Å². The number of carbonyl (C=O) groups is 1. The number of halogens is 1. The molecule has 1 amide bonds. The molecule has 1 fully saturated rings. The lowest BCUT2D eigenvalue weighted by Crippen LogP contribution is -2.18. The molecule has 0 spiro atoms. The fourth-order valence-electron chi connectivity index (χ4n) is 2.72. The van der Waals surface area contributed by atoms with Crippen LogP contribution in [0.15, 0.2) is 12.1 Å². The molecule has 2 N–H and O–H groups in total. The van der Waals surface area contributed by atoms with Crippen molar-refractivity contribution in [2.24, 2.45) is 5.73 Å². The summed E-state index contributed by atoms with van der Waals surface area (Å²) in [6, 6.07) is 3.05. The highest BCUT2D eigenvalue weighted by molar-refractivity contribution is 5.77. The third-order valence-electron chi connectivity index (χ3n) is 3.63. The molecule has 1 aliphatic heterocycles. The topological polar surface area (TPSA) is 52.3 Å². The van der Waals surface area contributed by atoms with Crippen molar-refractivity contribution in [1.82, 2.24) is 0 Å². The van der Waals surface area contributed by atoms with E-state index in [2.05, 4.69) is 0 Å². The van der Waals surface area contributed by atoms with E-state index in [9.17, 15) is 9.18 Å². The Kier molecular flexibility index (Phi) is 4.20. The molecule has 1 atom stereocenters. The molecule has 1 unspecified atom stereocenters. The number of carbonyl (C=O) groups excluding carboxylic acids is 1. The quantitative estimate of drug-likeness (QED) is 0.909. The Labute approximate surface area is 112 Å². The van der Waals surface area contributed by atoms with Gasteiger partial charge in [-0.15, -0.1) is 0 Å². The molecule has 104 valence electrons. The molecule has 2 rings (SSSR count). The first-order chi connectivity index (χ1) is 8.99. The van der Waals surface area contributed by atoms with Crippen LogP contribution < -0.4 is 5.73 Å². The van der Waals surface area contributed by atoms with Crippen LogP contribution in [0, 0.1) is 5.82 Å². The molecule has 3 nitrogen and oxygen atoms in total. The average Bonchev–Trinajstić information content (AvgIpc) is 2.83. The predicted molar refractivity (Wildman–Crippen MR) is 71.6 cm³/mol. The van der Waals surface area contributed by atoms with Crippen molar-refractivity contribution in [2.75, 3.05) is 13.2 Å². The van der Waals surface area contributed by atoms with Crippen LogP contribution in [-0.4, -0.2) is 19.1 Å². The maximum atomic E-state index is 13.8. The first-order valence-corrected chi connectivity index (χ1v) is 6.67. The number of rotatable bonds is 4. The first kappa shape index (κ1) is 14.0. The maximum Gasteiger partial charge on any atom is 0.221 e. The standard InChI is InChI=1S/C15H20FNO2/c1-9(2)12-5-11(16)6-13(10-3-4-19-8-10)14(12)7-15(17)18/h5-6,9-10H,3-4,7-8H2,1-2H3,(H2,17,18). The number of hydrogen-bond acceptors (Lipinski definition) is 2. The predicted octanol–water partition coefficient (Wildman–Crippen LogP) is 2.48. The molecule has 0 radical (unpaired) electrons. The molecule has 0 bridgehead atoms. The molecular formula is C15H20FNO2. The first-order valence-electron chi connectivity index (χ1n) is 6.67. The van der Waals surface area contributed by atoms with Gasteiger partial charge < -0.3 is 10.5 Å². The SMILES string of the molecule is CC(C)c1cc(F)cc(C2CCOC2)c1CC(N)=O. The van der Waals surface area contributed by atoms with E-state index in [0.29, 0.717) is 13.2 Å². The third-order valence-corrected chi connectivity index (χ3v) is 3.63. The minimum Gasteiger partial charge on any atom is -0.381 e.